The Labute approximate surface area is 167 Å². The van der Waals surface area contributed by atoms with E-state index in [1.807, 2.05) is 18.3 Å². The molecule has 0 fully saturated rings. The molecule has 2 aromatic carbocycles. The first-order valence-electron chi connectivity index (χ1n) is 9.86. The Morgan fingerprint density at radius 3 is 2.29 bits per heavy atom. The normalized spacial score (nSPS) is 13.0. The first kappa shape index (κ1) is 18.4. The molecule has 2 heterocycles. The Morgan fingerprint density at radius 1 is 0.893 bits per heavy atom. The standard InChI is InChI=1S/C25H27N3/c1-17-9-6-7-11-22(17)28-23(27-21-10-8-16-26-24(21)28)20-14-12-19(13-15-20)18(2)25(3,4)5/h6-16,18H,1-5H3. The van der Waals surface area contributed by atoms with Crippen LogP contribution >= 0.6 is 0 Å². The molecule has 28 heavy (non-hydrogen) atoms. The van der Waals surface area contributed by atoms with Crippen molar-refractivity contribution < 1.29 is 0 Å². The molecule has 0 saturated heterocycles. The Bertz CT molecular complexity index is 1110. The highest BCUT2D eigenvalue weighted by atomic mass is 15.1. The zero-order valence-electron chi connectivity index (χ0n) is 17.3. The molecular weight excluding hydrogens is 342 g/mol. The van der Waals surface area contributed by atoms with Crippen molar-refractivity contribution in [1.29, 1.82) is 0 Å². The summed E-state index contributed by atoms with van der Waals surface area (Å²) < 4.78 is 2.17. The lowest BCUT2D eigenvalue weighted by Gasteiger charge is -2.27. The lowest BCUT2D eigenvalue weighted by Crippen LogP contribution is -2.15. The summed E-state index contributed by atoms with van der Waals surface area (Å²) in [5.74, 6) is 1.41. The minimum atomic E-state index is 0.236. The van der Waals surface area contributed by atoms with Crippen LogP contribution in [0.1, 0.15) is 44.7 Å². The molecule has 2 aromatic heterocycles. The second kappa shape index (κ2) is 6.90. The van der Waals surface area contributed by atoms with Gasteiger partial charge < -0.3 is 0 Å². The van der Waals surface area contributed by atoms with Gasteiger partial charge in [0.2, 0.25) is 0 Å². The molecule has 4 aromatic rings. The van der Waals surface area contributed by atoms with Gasteiger partial charge in [0, 0.05) is 11.8 Å². The van der Waals surface area contributed by atoms with Crippen LogP contribution in [0.5, 0.6) is 0 Å². The topological polar surface area (TPSA) is 30.7 Å². The Balaban J connectivity index is 1.88. The van der Waals surface area contributed by atoms with Gasteiger partial charge in [0.25, 0.3) is 0 Å². The molecule has 0 aliphatic carbocycles. The fourth-order valence-corrected chi connectivity index (χ4v) is 3.57. The number of imidazole rings is 1. The van der Waals surface area contributed by atoms with Crippen LogP contribution in [0.15, 0.2) is 66.9 Å². The van der Waals surface area contributed by atoms with E-state index in [1.165, 1.54) is 11.1 Å². The highest BCUT2D eigenvalue weighted by Crippen LogP contribution is 2.36. The predicted octanol–water partition coefficient (Wildman–Crippen LogP) is 6.55. The number of benzene rings is 2. The SMILES string of the molecule is Cc1ccccc1-n1c(-c2ccc(C(C)C(C)(C)C)cc2)nc2cccnc21. The van der Waals surface area contributed by atoms with Crippen LogP contribution in [0.4, 0.5) is 0 Å². The van der Waals surface area contributed by atoms with Crippen molar-refractivity contribution in [2.45, 2.75) is 40.5 Å². The molecule has 0 spiro atoms. The van der Waals surface area contributed by atoms with Crippen LogP contribution in [0.2, 0.25) is 0 Å². The average Bonchev–Trinajstić information content (AvgIpc) is 3.06. The van der Waals surface area contributed by atoms with Gasteiger partial charge in [-0.05, 0) is 47.6 Å². The van der Waals surface area contributed by atoms with Gasteiger partial charge in [-0.1, -0.05) is 70.2 Å². The monoisotopic (exact) mass is 369 g/mol. The summed E-state index contributed by atoms with van der Waals surface area (Å²) >= 11 is 0. The first-order valence-corrected chi connectivity index (χ1v) is 9.86. The minimum Gasteiger partial charge on any atom is -0.276 e. The van der Waals surface area contributed by atoms with Gasteiger partial charge in [-0.15, -0.1) is 0 Å². The maximum absolute atomic E-state index is 4.92. The molecule has 0 aliphatic rings. The molecule has 4 rings (SSSR count). The third kappa shape index (κ3) is 3.22. The third-order valence-electron chi connectivity index (χ3n) is 5.74. The molecular formula is C25H27N3. The van der Waals surface area contributed by atoms with Gasteiger partial charge in [0.05, 0.1) is 5.69 Å². The van der Waals surface area contributed by atoms with Crippen LogP contribution in [0, 0.1) is 12.3 Å². The molecule has 3 nitrogen and oxygen atoms in total. The zero-order chi connectivity index (χ0) is 19.9. The van der Waals surface area contributed by atoms with Crippen LogP contribution in [-0.2, 0) is 0 Å². The van der Waals surface area contributed by atoms with Crippen molar-refractivity contribution in [1.82, 2.24) is 14.5 Å². The van der Waals surface area contributed by atoms with Crippen molar-refractivity contribution in [3.8, 4) is 17.1 Å². The number of para-hydroxylation sites is 1. The largest absolute Gasteiger partial charge is 0.276 e. The van der Waals surface area contributed by atoms with Gasteiger partial charge in [-0.25, -0.2) is 9.97 Å². The summed E-state index contributed by atoms with van der Waals surface area (Å²) in [6.07, 6.45) is 1.83. The molecule has 0 saturated carbocycles. The van der Waals surface area contributed by atoms with Crippen molar-refractivity contribution in [3.63, 3.8) is 0 Å². The summed E-state index contributed by atoms with van der Waals surface area (Å²) in [6.45, 7) is 11.3. The maximum Gasteiger partial charge on any atom is 0.164 e. The molecule has 0 N–H and O–H groups in total. The van der Waals surface area contributed by atoms with Crippen molar-refractivity contribution >= 4 is 11.2 Å². The smallest absolute Gasteiger partial charge is 0.164 e. The van der Waals surface area contributed by atoms with Crippen LogP contribution in [0.25, 0.3) is 28.2 Å². The molecule has 1 unspecified atom stereocenters. The number of aryl methyl sites for hydroxylation is 1. The summed E-state index contributed by atoms with van der Waals surface area (Å²) in [5, 5.41) is 0. The van der Waals surface area contributed by atoms with Crippen LogP contribution < -0.4 is 0 Å². The number of aromatic nitrogens is 3. The average molecular weight is 370 g/mol. The number of nitrogens with zero attached hydrogens (tertiary/aromatic N) is 3. The quantitative estimate of drug-likeness (QED) is 0.410. The summed E-state index contributed by atoms with van der Waals surface area (Å²) in [5.41, 5.74) is 6.81. The van der Waals surface area contributed by atoms with E-state index < -0.39 is 0 Å². The van der Waals surface area contributed by atoms with Gasteiger partial charge in [-0.3, -0.25) is 4.57 Å². The van der Waals surface area contributed by atoms with E-state index in [-0.39, 0.29) is 5.41 Å². The second-order valence-electron chi connectivity index (χ2n) is 8.61. The number of fused-ring (bicyclic) bond motifs is 1. The van der Waals surface area contributed by atoms with Gasteiger partial charge in [-0.2, -0.15) is 0 Å². The fourth-order valence-electron chi connectivity index (χ4n) is 3.57. The number of rotatable bonds is 3. The molecule has 1 atom stereocenters. The summed E-state index contributed by atoms with van der Waals surface area (Å²) in [6, 6.07) is 21.2. The first-order chi connectivity index (χ1) is 13.4. The van der Waals surface area contributed by atoms with E-state index in [4.69, 9.17) is 4.98 Å². The van der Waals surface area contributed by atoms with Crippen molar-refractivity contribution in [2.75, 3.05) is 0 Å². The van der Waals surface area contributed by atoms with E-state index in [0.29, 0.717) is 5.92 Å². The highest BCUT2D eigenvalue weighted by molar-refractivity contribution is 5.80. The fraction of sp³-hybridized carbons (Fsp3) is 0.280. The molecule has 0 radical (unpaired) electrons. The molecule has 0 aliphatic heterocycles. The molecule has 0 bridgehead atoms. The molecule has 142 valence electrons. The Hall–Kier alpha value is -2.94. The predicted molar refractivity (Wildman–Crippen MR) is 117 cm³/mol. The van der Waals surface area contributed by atoms with E-state index in [0.717, 1.165) is 28.2 Å². The van der Waals surface area contributed by atoms with Gasteiger partial charge >= 0.3 is 0 Å². The Kier molecular flexibility index (Phi) is 4.54. The van der Waals surface area contributed by atoms with Crippen LogP contribution in [0.3, 0.4) is 0 Å². The van der Waals surface area contributed by atoms with Gasteiger partial charge in [0.1, 0.15) is 11.3 Å². The number of hydrogen-bond acceptors (Lipinski definition) is 2. The minimum absolute atomic E-state index is 0.236. The van der Waals surface area contributed by atoms with E-state index in [2.05, 4.69) is 92.7 Å². The summed E-state index contributed by atoms with van der Waals surface area (Å²) in [4.78, 5) is 9.55. The lowest BCUT2D eigenvalue weighted by molar-refractivity contribution is 0.339. The maximum atomic E-state index is 4.92. The Morgan fingerprint density at radius 2 is 1.61 bits per heavy atom. The molecule has 0 amide bonds. The molecule has 3 heteroatoms. The van der Waals surface area contributed by atoms with Crippen LogP contribution in [-0.4, -0.2) is 14.5 Å². The number of hydrogen-bond donors (Lipinski definition) is 0. The third-order valence-corrected chi connectivity index (χ3v) is 5.74. The van der Waals surface area contributed by atoms with E-state index in [1.54, 1.807) is 0 Å². The van der Waals surface area contributed by atoms with E-state index >= 15 is 0 Å². The van der Waals surface area contributed by atoms with Crippen molar-refractivity contribution in [3.05, 3.63) is 78.0 Å². The van der Waals surface area contributed by atoms with Gasteiger partial charge in [0.15, 0.2) is 5.65 Å². The lowest BCUT2D eigenvalue weighted by atomic mass is 9.78. The van der Waals surface area contributed by atoms with Crippen molar-refractivity contribution in [2.24, 2.45) is 5.41 Å². The summed E-state index contributed by atoms with van der Waals surface area (Å²) in [7, 11) is 0. The van der Waals surface area contributed by atoms with E-state index in [9.17, 15) is 0 Å². The number of pyridine rings is 1. The zero-order valence-corrected chi connectivity index (χ0v) is 17.3. The second-order valence-corrected chi connectivity index (χ2v) is 8.61. The highest BCUT2D eigenvalue weighted by Gasteiger charge is 2.22.